The summed E-state index contributed by atoms with van der Waals surface area (Å²) in [5, 5.41) is 3.55. The molecule has 0 aliphatic heterocycles. The van der Waals surface area contributed by atoms with Gasteiger partial charge in [-0.2, -0.15) is 0 Å². The van der Waals surface area contributed by atoms with E-state index in [0.29, 0.717) is 24.2 Å². The molecule has 0 aliphatic carbocycles. The largest absolute Gasteiger partial charge is 0.358 e. The van der Waals surface area contributed by atoms with Crippen LogP contribution in [0.25, 0.3) is 10.9 Å². The zero-order valence-corrected chi connectivity index (χ0v) is 15.1. The van der Waals surface area contributed by atoms with Gasteiger partial charge in [0.1, 0.15) is 0 Å². The number of H-pyrrole nitrogens is 1. The molecule has 0 fully saturated rings. The highest BCUT2D eigenvalue weighted by Gasteiger charge is 2.22. The first kappa shape index (κ1) is 18.2. The van der Waals surface area contributed by atoms with Crippen molar-refractivity contribution in [3.63, 3.8) is 0 Å². The van der Waals surface area contributed by atoms with Gasteiger partial charge in [-0.25, -0.2) is 0 Å². The summed E-state index contributed by atoms with van der Waals surface area (Å²) in [4.78, 5) is 30.2. The number of carbonyl (C=O) groups excluding carboxylic acids is 2. The number of Topliss-reactive ketones (excluding diaryl/α,β-unsaturated/α-hetero) is 1. The molecule has 2 N–H and O–H groups in total. The molecule has 0 saturated heterocycles. The summed E-state index contributed by atoms with van der Waals surface area (Å²) in [5.74, 6) is -1.03. The second-order valence-corrected chi connectivity index (χ2v) is 6.68. The Balaban J connectivity index is 2.04. The van der Waals surface area contributed by atoms with E-state index in [1.54, 1.807) is 0 Å². The van der Waals surface area contributed by atoms with E-state index in [4.69, 9.17) is 0 Å². The molecule has 1 aromatic heterocycles. The third-order valence-corrected chi connectivity index (χ3v) is 4.31. The van der Waals surface area contributed by atoms with Gasteiger partial charge in [-0.1, -0.05) is 18.2 Å². The summed E-state index contributed by atoms with van der Waals surface area (Å²) in [5.41, 5.74) is 2.06. The van der Waals surface area contributed by atoms with E-state index in [1.165, 1.54) is 0 Å². The van der Waals surface area contributed by atoms with Crippen LogP contribution in [0.5, 0.6) is 0 Å². The predicted octanol–water partition coefficient (Wildman–Crippen LogP) is 2.89. The molecule has 1 amide bonds. The number of benzene rings is 1. The third kappa shape index (κ3) is 3.85. The van der Waals surface area contributed by atoms with Gasteiger partial charge < -0.3 is 10.3 Å². The molecule has 2 aromatic rings. The summed E-state index contributed by atoms with van der Waals surface area (Å²) in [6.07, 6.45) is 0. The lowest BCUT2D eigenvalue weighted by Gasteiger charge is -2.30. The third-order valence-electron chi connectivity index (χ3n) is 4.31. The monoisotopic (exact) mass is 329 g/mol. The van der Waals surface area contributed by atoms with Gasteiger partial charge in [-0.3, -0.25) is 14.5 Å². The van der Waals surface area contributed by atoms with Crippen molar-refractivity contribution in [3.05, 3.63) is 35.5 Å². The Bertz CT molecular complexity index is 723. The summed E-state index contributed by atoms with van der Waals surface area (Å²) in [6, 6.07) is 8.33. The summed E-state index contributed by atoms with van der Waals surface area (Å²) < 4.78 is 0. The topological polar surface area (TPSA) is 65.2 Å². The van der Waals surface area contributed by atoms with E-state index < -0.39 is 11.7 Å². The number of hydrogen-bond donors (Lipinski definition) is 2. The highest BCUT2D eigenvalue weighted by molar-refractivity contribution is 6.45. The molecule has 2 rings (SSSR count). The molecule has 0 radical (unpaired) electrons. The number of fused-ring (bicyclic) bond motifs is 1. The van der Waals surface area contributed by atoms with Crippen LogP contribution in [0.4, 0.5) is 0 Å². The molecule has 5 nitrogen and oxygen atoms in total. The molecule has 0 atom stereocenters. The van der Waals surface area contributed by atoms with Crippen LogP contribution in [0.2, 0.25) is 0 Å². The second kappa shape index (κ2) is 7.62. The van der Waals surface area contributed by atoms with Crippen molar-refractivity contribution in [1.82, 2.24) is 15.2 Å². The fourth-order valence-electron chi connectivity index (χ4n) is 3.17. The molecule has 130 valence electrons. The smallest absolute Gasteiger partial charge is 0.292 e. The van der Waals surface area contributed by atoms with Gasteiger partial charge in [0.25, 0.3) is 11.7 Å². The molecule has 24 heavy (non-hydrogen) atoms. The molecule has 0 aliphatic rings. The van der Waals surface area contributed by atoms with Gasteiger partial charge in [0, 0.05) is 41.8 Å². The van der Waals surface area contributed by atoms with Gasteiger partial charge in [0.15, 0.2) is 0 Å². The van der Waals surface area contributed by atoms with Crippen LogP contribution in [0.15, 0.2) is 24.3 Å². The maximum atomic E-state index is 12.5. The molecule has 5 heteroatoms. The number of carbonyl (C=O) groups is 2. The Kier molecular flexibility index (Phi) is 5.78. The molecule has 0 saturated carbocycles. The molecule has 1 aromatic carbocycles. The average molecular weight is 329 g/mol. The lowest BCUT2D eigenvalue weighted by molar-refractivity contribution is -0.117. The highest BCUT2D eigenvalue weighted by atomic mass is 16.2. The maximum absolute atomic E-state index is 12.5. The Morgan fingerprint density at radius 1 is 1.12 bits per heavy atom. The van der Waals surface area contributed by atoms with Crippen molar-refractivity contribution in [2.24, 2.45) is 0 Å². The lowest BCUT2D eigenvalue weighted by atomic mass is 10.1. The lowest BCUT2D eigenvalue weighted by Crippen LogP contribution is -2.43. The van der Waals surface area contributed by atoms with Crippen molar-refractivity contribution < 1.29 is 9.59 Å². The first-order valence-corrected chi connectivity index (χ1v) is 8.48. The van der Waals surface area contributed by atoms with Gasteiger partial charge in [-0.05, 0) is 40.7 Å². The number of nitrogens with one attached hydrogen (secondary N) is 2. The van der Waals surface area contributed by atoms with Gasteiger partial charge in [0.2, 0.25) is 0 Å². The number of nitrogens with zero attached hydrogens (tertiary/aromatic N) is 1. The van der Waals surface area contributed by atoms with E-state index in [2.05, 4.69) is 42.9 Å². The fraction of sp³-hybridized carbons (Fsp3) is 0.474. The number of rotatable bonds is 7. The van der Waals surface area contributed by atoms with E-state index >= 15 is 0 Å². The Labute approximate surface area is 143 Å². The van der Waals surface area contributed by atoms with Crippen molar-refractivity contribution >= 4 is 22.6 Å². The number of para-hydroxylation sites is 1. The zero-order valence-electron chi connectivity index (χ0n) is 15.1. The van der Waals surface area contributed by atoms with Crippen molar-refractivity contribution in [2.75, 3.05) is 13.1 Å². The van der Waals surface area contributed by atoms with Crippen LogP contribution in [0.1, 0.15) is 43.7 Å². The molecule has 0 bridgehead atoms. The molecule has 1 heterocycles. The second-order valence-electron chi connectivity index (χ2n) is 6.68. The maximum Gasteiger partial charge on any atom is 0.292 e. The number of aromatic nitrogens is 1. The van der Waals surface area contributed by atoms with E-state index in [1.807, 2.05) is 31.2 Å². The number of amides is 1. The fourth-order valence-corrected chi connectivity index (χ4v) is 3.17. The molecular formula is C19H27N3O2. The SMILES string of the molecule is Cc1[nH]c2ccccc2c1C(=O)C(=O)NCCN(C(C)C)C(C)C. The first-order chi connectivity index (χ1) is 11.3. The van der Waals surface area contributed by atoms with E-state index in [-0.39, 0.29) is 0 Å². The number of aryl methyl sites for hydroxylation is 1. The minimum Gasteiger partial charge on any atom is -0.358 e. The summed E-state index contributed by atoms with van der Waals surface area (Å²) >= 11 is 0. The Morgan fingerprint density at radius 2 is 1.75 bits per heavy atom. The van der Waals surface area contributed by atoms with Gasteiger partial charge in [-0.15, -0.1) is 0 Å². The summed E-state index contributed by atoms with van der Waals surface area (Å²) in [6.45, 7) is 11.5. The first-order valence-electron chi connectivity index (χ1n) is 8.48. The number of ketones is 1. The predicted molar refractivity (Wildman–Crippen MR) is 97.4 cm³/mol. The molecule has 0 spiro atoms. The van der Waals surface area contributed by atoms with Crippen molar-refractivity contribution in [3.8, 4) is 0 Å². The van der Waals surface area contributed by atoms with Crippen LogP contribution >= 0.6 is 0 Å². The number of hydrogen-bond acceptors (Lipinski definition) is 3. The van der Waals surface area contributed by atoms with Crippen LogP contribution in [0.3, 0.4) is 0 Å². The normalized spacial score (nSPS) is 11.7. The molecular weight excluding hydrogens is 302 g/mol. The van der Waals surface area contributed by atoms with Crippen LogP contribution in [0, 0.1) is 6.92 Å². The van der Waals surface area contributed by atoms with E-state index in [0.717, 1.165) is 23.1 Å². The quantitative estimate of drug-likeness (QED) is 0.606. The van der Waals surface area contributed by atoms with Crippen molar-refractivity contribution in [1.29, 1.82) is 0 Å². The van der Waals surface area contributed by atoms with Gasteiger partial charge >= 0.3 is 0 Å². The summed E-state index contributed by atoms with van der Waals surface area (Å²) in [7, 11) is 0. The average Bonchev–Trinajstić information content (AvgIpc) is 2.85. The molecule has 0 unspecified atom stereocenters. The standard InChI is InChI=1S/C19H27N3O2/c1-12(2)22(13(3)4)11-10-20-19(24)18(23)17-14(5)21-16-9-7-6-8-15(16)17/h6-9,12-13,21H,10-11H2,1-5H3,(H,20,24). The minimum atomic E-state index is -0.546. The number of aromatic amines is 1. The van der Waals surface area contributed by atoms with Gasteiger partial charge in [0.05, 0.1) is 5.56 Å². The minimum absolute atomic E-state index is 0.397. The zero-order chi connectivity index (χ0) is 17.9. The van der Waals surface area contributed by atoms with Crippen LogP contribution in [-0.4, -0.2) is 46.7 Å². The van der Waals surface area contributed by atoms with Crippen LogP contribution < -0.4 is 5.32 Å². The van der Waals surface area contributed by atoms with E-state index in [9.17, 15) is 9.59 Å². The Hall–Kier alpha value is -2.14. The highest BCUT2D eigenvalue weighted by Crippen LogP contribution is 2.22. The van der Waals surface area contributed by atoms with Crippen LogP contribution in [-0.2, 0) is 4.79 Å². The Morgan fingerprint density at radius 3 is 2.38 bits per heavy atom. The van der Waals surface area contributed by atoms with Crippen molar-refractivity contribution in [2.45, 2.75) is 46.7 Å².